The van der Waals surface area contributed by atoms with Gasteiger partial charge in [-0.25, -0.2) is 9.59 Å². The highest BCUT2D eigenvalue weighted by Crippen LogP contribution is 2.44. The van der Waals surface area contributed by atoms with Gasteiger partial charge >= 0.3 is 11.9 Å². The Morgan fingerprint density at radius 3 is 2.55 bits per heavy atom. The Bertz CT molecular complexity index is 2030. The lowest BCUT2D eigenvalue weighted by Crippen LogP contribution is -2.25. The molecule has 1 aliphatic heterocycles. The van der Waals surface area contributed by atoms with Crippen molar-refractivity contribution in [3.8, 4) is 20.2 Å². The van der Waals surface area contributed by atoms with Crippen LogP contribution >= 0.6 is 34.0 Å². The number of hydrogen-bond acceptors (Lipinski definition) is 9. The first-order valence-electron chi connectivity index (χ1n) is 12.0. The molecule has 0 amide bonds. The molecule has 6 aromatic rings. The van der Waals surface area contributed by atoms with Gasteiger partial charge in [-0.15, -0.1) is 34.0 Å². The molecule has 8 nitrogen and oxygen atoms in total. The Morgan fingerprint density at radius 2 is 1.70 bits per heavy atom. The molecule has 0 fully saturated rings. The topological polar surface area (TPSA) is 126 Å². The molecular formula is C29H17N3O5S3. The number of nitrogens with one attached hydrogen (secondary N) is 1. The summed E-state index contributed by atoms with van der Waals surface area (Å²) < 4.78 is 8.32. The molecule has 0 saturated carbocycles. The standard InChI is InChI=1S/C29H17N3O5S3/c33-28(34)15-4-7-31-18(10-15)20-12-16(29(35)36)11-19(32-20)17-9-14(3-6-30-17)23-1-2-24(39-23)25-13-22-27(40-25)26-21(37-22)5-8-38-26/h1-13,20,32H,(H,33,34)(H,35,36). The molecule has 6 aromatic heterocycles. The molecule has 0 radical (unpaired) electrons. The van der Waals surface area contributed by atoms with Gasteiger partial charge in [0.1, 0.15) is 11.2 Å². The third kappa shape index (κ3) is 4.30. The van der Waals surface area contributed by atoms with Crippen LogP contribution in [0.25, 0.3) is 46.5 Å². The second-order valence-corrected chi connectivity index (χ2v) is 12.0. The number of fused-ring (bicyclic) bond motifs is 3. The van der Waals surface area contributed by atoms with Gasteiger partial charge in [0, 0.05) is 33.1 Å². The number of thiophene rings is 3. The SMILES string of the molecule is O=C(O)C1=CC(c2cc(C(=O)O)ccn2)NC(c2cc(-c3ccc(-c4cc5oc6ccsc6c5s4)s3)ccn2)=C1. The molecule has 0 aliphatic carbocycles. The average molecular weight is 584 g/mol. The summed E-state index contributed by atoms with van der Waals surface area (Å²) in [4.78, 5) is 35.5. The number of pyridine rings is 2. The van der Waals surface area contributed by atoms with Crippen LogP contribution in [0.1, 0.15) is 27.8 Å². The number of hydrogen-bond donors (Lipinski definition) is 3. The lowest BCUT2D eigenvalue weighted by molar-refractivity contribution is -0.132. The van der Waals surface area contributed by atoms with Crippen LogP contribution in [0, 0.1) is 0 Å². The van der Waals surface area contributed by atoms with Crippen molar-refractivity contribution in [2.75, 3.05) is 0 Å². The Labute approximate surface area is 238 Å². The summed E-state index contributed by atoms with van der Waals surface area (Å²) in [6, 6.07) is 14.3. The third-order valence-corrected chi connectivity index (χ3v) is 9.98. The normalized spacial score (nSPS) is 15.2. The molecule has 0 saturated heterocycles. The van der Waals surface area contributed by atoms with E-state index in [1.54, 1.807) is 40.2 Å². The van der Waals surface area contributed by atoms with E-state index in [0.717, 1.165) is 36.1 Å². The van der Waals surface area contributed by atoms with E-state index in [0.29, 0.717) is 17.1 Å². The van der Waals surface area contributed by atoms with Gasteiger partial charge in [-0.3, -0.25) is 9.97 Å². The number of furan rings is 1. The summed E-state index contributed by atoms with van der Waals surface area (Å²) in [7, 11) is 0. The van der Waals surface area contributed by atoms with Gasteiger partial charge in [0.05, 0.1) is 43.7 Å². The molecule has 3 N–H and O–H groups in total. The zero-order chi connectivity index (χ0) is 27.4. The van der Waals surface area contributed by atoms with E-state index in [-0.39, 0.29) is 11.1 Å². The fraction of sp³-hybridized carbons (Fsp3) is 0.0345. The number of aromatic nitrogens is 2. The van der Waals surface area contributed by atoms with E-state index >= 15 is 0 Å². The molecular weight excluding hydrogens is 567 g/mol. The largest absolute Gasteiger partial charge is 0.478 e. The second kappa shape index (κ2) is 9.56. The Morgan fingerprint density at radius 1 is 0.850 bits per heavy atom. The van der Waals surface area contributed by atoms with Crippen LogP contribution in [0.2, 0.25) is 0 Å². The summed E-state index contributed by atoms with van der Waals surface area (Å²) >= 11 is 5.06. The highest BCUT2D eigenvalue weighted by molar-refractivity contribution is 7.30. The minimum atomic E-state index is -1.10. The van der Waals surface area contributed by atoms with Crippen LogP contribution in [-0.4, -0.2) is 32.1 Å². The van der Waals surface area contributed by atoms with Crippen LogP contribution in [0.3, 0.4) is 0 Å². The van der Waals surface area contributed by atoms with Gasteiger partial charge in [-0.05, 0) is 65.6 Å². The first-order valence-corrected chi connectivity index (χ1v) is 14.5. The summed E-state index contributed by atoms with van der Waals surface area (Å²) in [5.74, 6) is -2.18. The summed E-state index contributed by atoms with van der Waals surface area (Å²) in [6.07, 6.45) is 6.12. The van der Waals surface area contributed by atoms with Gasteiger partial charge in [-0.1, -0.05) is 0 Å². The lowest BCUT2D eigenvalue weighted by atomic mass is 10.00. The zero-order valence-corrected chi connectivity index (χ0v) is 22.8. The van der Waals surface area contributed by atoms with Crippen LogP contribution < -0.4 is 5.32 Å². The maximum absolute atomic E-state index is 11.9. The van der Waals surface area contributed by atoms with E-state index in [1.165, 1.54) is 35.2 Å². The number of rotatable bonds is 6. The van der Waals surface area contributed by atoms with Gasteiger partial charge in [0.15, 0.2) is 0 Å². The minimum Gasteiger partial charge on any atom is -0.478 e. The van der Waals surface area contributed by atoms with Crippen molar-refractivity contribution in [3.05, 3.63) is 101 Å². The predicted molar refractivity (Wildman–Crippen MR) is 157 cm³/mol. The molecule has 0 aromatic carbocycles. The van der Waals surface area contributed by atoms with Gasteiger partial charge in [-0.2, -0.15) is 0 Å². The fourth-order valence-corrected chi connectivity index (χ4v) is 7.72. The molecule has 0 bridgehead atoms. The first-order chi connectivity index (χ1) is 19.4. The van der Waals surface area contributed by atoms with Crippen LogP contribution in [0.4, 0.5) is 0 Å². The first kappa shape index (κ1) is 24.5. The molecule has 11 heteroatoms. The molecule has 1 unspecified atom stereocenters. The van der Waals surface area contributed by atoms with Crippen LogP contribution in [0.15, 0.2) is 88.4 Å². The number of dihydropyridines is 1. The number of carboxylic acids is 2. The summed E-state index contributed by atoms with van der Waals surface area (Å²) in [6.45, 7) is 0. The Balaban J connectivity index is 1.20. The number of carbonyl (C=O) groups is 2. The third-order valence-electron chi connectivity index (χ3n) is 6.47. The zero-order valence-electron chi connectivity index (χ0n) is 20.3. The fourth-order valence-electron chi connectivity index (χ4n) is 4.57. The maximum atomic E-state index is 11.9. The molecule has 7 heterocycles. The van der Waals surface area contributed by atoms with E-state index in [1.807, 2.05) is 23.6 Å². The molecule has 7 rings (SSSR count). The molecule has 40 heavy (non-hydrogen) atoms. The number of carboxylic acid groups (broad SMARTS) is 2. The van der Waals surface area contributed by atoms with E-state index in [2.05, 4.69) is 33.5 Å². The second-order valence-electron chi connectivity index (χ2n) is 9.00. The van der Waals surface area contributed by atoms with Crippen molar-refractivity contribution >= 4 is 72.2 Å². The van der Waals surface area contributed by atoms with Gasteiger partial charge < -0.3 is 19.9 Å². The lowest BCUT2D eigenvalue weighted by Gasteiger charge is -2.23. The van der Waals surface area contributed by atoms with E-state index in [4.69, 9.17) is 4.42 Å². The molecule has 1 aliphatic rings. The smallest absolute Gasteiger partial charge is 0.335 e. The van der Waals surface area contributed by atoms with Crippen molar-refractivity contribution in [2.24, 2.45) is 0 Å². The van der Waals surface area contributed by atoms with E-state index in [9.17, 15) is 19.8 Å². The monoisotopic (exact) mass is 583 g/mol. The number of aromatic carboxylic acids is 1. The van der Waals surface area contributed by atoms with Crippen molar-refractivity contribution in [2.45, 2.75) is 6.04 Å². The molecule has 1 atom stereocenters. The Kier molecular flexibility index (Phi) is 5.84. The van der Waals surface area contributed by atoms with Gasteiger partial charge in [0.25, 0.3) is 0 Å². The van der Waals surface area contributed by atoms with Crippen LogP contribution in [0.5, 0.6) is 0 Å². The molecule has 196 valence electrons. The number of nitrogens with zero attached hydrogens (tertiary/aromatic N) is 2. The molecule has 0 spiro atoms. The van der Waals surface area contributed by atoms with Gasteiger partial charge in [0.2, 0.25) is 0 Å². The number of aliphatic carboxylic acids is 1. The highest BCUT2D eigenvalue weighted by atomic mass is 32.1. The van der Waals surface area contributed by atoms with Crippen molar-refractivity contribution in [3.63, 3.8) is 0 Å². The highest BCUT2D eigenvalue weighted by Gasteiger charge is 2.23. The van der Waals surface area contributed by atoms with Crippen LogP contribution in [-0.2, 0) is 4.79 Å². The van der Waals surface area contributed by atoms with Crippen molar-refractivity contribution in [1.82, 2.24) is 15.3 Å². The predicted octanol–water partition coefficient (Wildman–Crippen LogP) is 7.29. The summed E-state index contributed by atoms with van der Waals surface area (Å²) in [5.41, 5.74) is 4.36. The van der Waals surface area contributed by atoms with E-state index < -0.39 is 18.0 Å². The van der Waals surface area contributed by atoms with Crippen molar-refractivity contribution < 1.29 is 24.2 Å². The quantitative estimate of drug-likeness (QED) is 0.187. The maximum Gasteiger partial charge on any atom is 0.335 e. The average Bonchev–Trinajstić information content (AvgIpc) is 3.75. The van der Waals surface area contributed by atoms with Crippen molar-refractivity contribution in [1.29, 1.82) is 0 Å². The minimum absolute atomic E-state index is 0.0637. The Hall–Kier alpha value is -4.58. The summed E-state index contributed by atoms with van der Waals surface area (Å²) in [5, 5.41) is 24.4.